The van der Waals surface area contributed by atoms with Gasteiger partial charge >= 0.3 is 0 Å². The number of benzene rings is 3. The molecule has 2 heterocycles. The topological polar surface area (TPSA) is 63.6 Å². The van der Waals surface area contributed by atoms with Crippen molar-refractivity contribution in [2.75, 3.05) is 5.75 Å². The van der Waals surface area contributed by atoms with Crippen molar-refractivity contribution in [2.45, 2.75) is 5.16 Å². The Morgan fingerprint density at radius 1 is 1.00 bits per heavy atom. The number of para-hydroxylation sites is 1. The first kappa shape index (κ1) is 20.5. The van der Waals surface area contributed by atoms with Gasteiger partial charge in [-0.15, -0.1) is 10.2 Å². The predicted molar refractivity (Wildman–Crippen MR) is 125 cm³/mol. The van der Waals surface area contributed by atoms with Crippen LogP contribution >= 0.6 is 23.4 Å². The molecule has 5 rings (SSSR count). The summed E-state index contributed by atoms with van der Waals surface area (Å²) in [5, 5.41) is 11.0. The SMILES string of the molecule is O=C(CSc1nnc(-c2c[nH]c3ccccc23)n1-c1ccc(Cl)cc1)c1ccc(F)cc1. The molecule has 8 heteroatoms. The summed E-state index contributed by atoms with van der Waals surface area (Å²) in [7, 11) is 0. The lowest BCUT2D eigenvalue weighted by Gasteiger charge is -2.10. The minimum atomic E-state index is -0.375. The van der Waals surface area contributed by atoms with E-state index in [4.69, 9.17) is 11.6 Å². The van der Waals surface area contributed by atoms with Crippen LogP contribution in [0, 0.1) is 5.82 Å². The molecule has 32 heavy (non-hydrogen) atoms. The highest BCUT2D eigenvalue weighted by atomic mass is 35.5. The maximum absolute atomic E-state index is 13.2. The van der Waals surface area contributed by atoms with E-state index in [0.29, 0.717) is 21.6 Å². The summed E-state index contributed by atoms with van der Waals surface area (Å²) >= 11 is 7.37. The zero-order chi connectivity index (χ0) is 22.1. The second-order valence-electron chi connectivity index (χ2n) is 7.08. The number of hydrogen-bond acceptors (Lipinski definition) is 4. The van der Waals surface area contributed by atoms with E-state index in [1.807, 2.05) is 47.2 Å². The number of H-pyrrole nitrogens is 1. The summed E-state index contributed by atoms with van der Waals surface area (Å²) < 4.78 is 15.1. The van der Waals surface area contributed by atoms with Crippen LogP contribution in [0.2, 0.25) is 5.02 Å². The van der Waals surface area contributed by atoms with Crippen molar-refractivity contribution in [3.63, 3.8) is 0 Å². The summed E-state index contributed by atoms with van der Waals surface area (Å²) in [4.78, 5) is 15.9. The quantitative estimate of drug-likeness (QED) is 0.241. The molecule has 1 N–H and O–H groups in total. The lowest BCUT2D eigenvalue weighted by atomic mass is 10.1. The van der Waals surface area contributed by atoms with Crippen LogP contribution in [0.5, 0.6) is 0 Å². The van der Waals surface area contributed by atoms with E-state index in [0.717, 1.165) is 22.2 Å². The lowest BCUT2D eigenvalue weighted by Crippen LogP contribution is -2.05. The van der Waals surface area contributed by atoms with Crippen LogP contribution in [-0.2, 0) is 0 Å². The van der Waals surface area contributed by atoms with E-state index in [-0.39, 0.29) is 17.4 Å². The number of halogens is 2. The first-order valence-corrected chi connectivity index (χ1v) is 11.2. The highest BCUT2D eigenvalue weighted by molar-refractivity contribution is 7.99. The molecular weight excluding hydrogens is 447 g/mol. The molecule has 0 amide bonds. The minimum absolute atomic E-state index is 0.116. The number of aromatic nitrogens is 4. The van der Waals surface area contributed by atoms with E-state index in [9.17, 15) is 9.18 Å². The van der Waals surface area contributed by atoms with Gasteiger partial charge < -0.3 is 4.98 Å². The standard InChI is InChI=1S/C24H16ClFN4OS/c25-16-7-11-18(12-8-16)30-23(20-13-27-21-4-2-1-3-19(20)21)28-29-24(30)32-14-22(31)15-5-9-17(26)10-6-15/h1-13,27H,14H2. The molecule has 0 saturated carbocycles. The minimum Gasteiger partial charge on any atom is -0.360 e. The number of carbonyl (C=O) groups excluding carboxylic acids is 1. The molecule has 5 aromatic rings. The zero-order valence-corrected chi connectivity index (χ0v) is 18.2. The number of nitrogens with one attached hydrogen (secondary N) is 1. The van der Waals surface area contributed by atoms with Gasteiger partial charge in [0.1, 0.15) is 5.82 Å². The second kappa shape index (κ2) is 8.61. The van der Waals surface area contributed by atoms with Crippen LogP contribution in [0.3, 0.4) is 0 Å². The first-order chi connectivity index (χ1) is 15.6. The van der Waals surface area contributed by atoms with E-state index in [1.165, 1.54) is 36.0 Å². The van der Waals surface area contributed by atoms with Crippen molar-refractivity contribution < 1.29 is 9.18 Å². The maximum atomic E-state index is 13.2. The van der Waals surface area contributed by atoms with Crippen molar-refractivity contribution in [1.82, 2.24) is 19.7 Å². The highest BCUT2D eigenvalue weighted by Gasteiger charge is 2.20. The molecule has 5 nitrogen and oxygen atoms in total. The Morgan fingerprint density at radius 2 is 1.75 bits per heavy atom. The van der Waals surface area contributed by atoms with Crippen LogP contribution in [0.4, 0.5) is 4.39 Å². The fourth-order valence-electron chi connectivity index (χ4n) is 3.47. The molecule has 0 spiro atoms. The van der Waals surface area contributed by atoms with Gasteiger partial charge in [0.25, 0.3) is 0 Å². The number of fused-ring (bicyclic) bond motifs is 1. The van der Waals surface area contributed by atoms with Crippen molar-refractivity contribution >= 4 is 40.0 Å². The fourth-order valence-corrected chi connectivity index (χ4v) is 4.44. The Hall–Kier alpha value is -3.42. The smallest absolute Gasteiger partial charge is 0.196 e. The summed E-state index contributed by atoms with van der Waals surface area (Å²) in [6.45, 7) is 0. The third-order valence-electron chi connectivity index (χ3n) is 5.05. The third-order valence-corrected chi connectivity index (χ3v) is 6.23. The number of carbonyl (C=O) groups is 1. The molecule has 158 valence electrons. The monoisotopic (exact) mass is 462 g/mol. The fraction of sp³-hybridized carbons (Fsp3) is 0.0417. The van der Waals surface area contributed by atoms with Crippen LogP contribution in [0.25, 0.3) is 28.0 Å². The van der Waals surface area contributed by atoms with Gasteiger partial charge in [0, 0.05) is 38.9 Å². The zero-order valence-electron chi connectivity index (χ0n) is 16.6. The number of thioether (sulfide) groups is 1. The number of Topliss-reactive ketones (excluding diaryl/α,β-unsaturated/α-hetero) is 1. The molecule has 0 atom stereocenters. The Kier molecular flexibility index (Phi) is 5.51. The van der Waals surface area contributed by atoms with Gasteiger partial charge in [-0.25, -0.2) is 4.39 Å². The van der Waals surface area contributed by atoms with Gasteiger partial charge in [0.05, 0.1) is 5.75 Å². The van der Waals surface area contributed by atoms with E-state index < -0.39 is 0 Å². The van der Waals surface area contributed by atoms with Gasteiger partial charge in [-0.05, 0) is 54.6 Å². The van der Waals surface area contributed by atoms with Gasteiger partial charge in [-0.3, -0.25) is 9.36 Å². The molecular formula is C24H16ClFN4OS. The van der Waals surface area contributed by atoms with Crippen LogP contribution in [0.15, 0.2) is 84.1 Å². The molecule has 0 aliphatic heterocycles. The van der Waals surface area contributed by atoms with Gasteiger partial charge in [0.2, 0.25) is 0 Å². The van der Waals surface area contributed by atoms with Crippen molar-refractivity contribution in [1.29, 1.82) is 0 Å². The Balaban J connectivity index is 1.53. The molecule has 0 fully saturated rings. The third kappa shape index (κ3) is 3.92. The van der Waals surface area contributed by atoms with Gasteiger partial charge in [-0.1, -0.05) is 41.6 Å². The summed E-state index contributed by atoms with van der Waals surface area (Å²) in [6, 6.07) is 20.9. The maximum Gasteiger partial charge on any atom is 0.196 e. The van der Waals surface area contributed by atoms with Crippen LogP contribution < -0.4 is 0 Å². The largest absolute Gasteiger partial charge is 0.360 e. The van der Waals surface area contributed by atoms with Crippen LogP contribution in [-0.4, -0.2) is 31.3 Å². The number of hydrogen-bond donors (Lipinski definition) is 1. The predicted octanol–water partition coefficient (Wildman–Crippen LogP) is 6.18. The average Bonchev–Trinajstić information content (AvgIpc) is 3.42. The van der Waals surface area contributed by atoms with Gasteiger partial charge in [-0.2, -0.15) is 0 Å². The van der Waals surface area contributed by atoms with E-state index >= 15 is 0 Å². The normalized spacial score (nSPS) is 11.2. The first-order valence-electron chi connectivity index (χ1n) is 9.79. The number of rotatable bonds is 6. The Labute approximate surface area is 192 Å². The molecule has 2 aromatic heterocycles. The van der Waals surface area contributed by atoms with E-state index in [1.54, 1.807) is 12.1 Å². The molecule has 0 aliphatic rings. The molecule has 0 radical (unpaired) electrons. The number of ketones is 1. The number of nitrogens with zero attached hydrogens (tertiary/aromatic N) is 3. The van der Waals surface area contributed by atoms with Crippen molar-refractivity contribution in [3.8, 4) is 17.1 Å². The number of aromatic amines is 1. The summed E-state index contributed by atoms with van der Waals surface area (Å²) in [5.41, 5.74) is 3.18. The lowest BCUT2D eigenvalue weighted by molar-refractivity contribution is 0.102. The Bertz CT molecular complexity index is 1410. The summed E-state index contributed by atoms with van der Waals surface area (Å²) in [5.74, 6) is 0.307. The molecule has 0 saturated heterocycles. The average molecular weight is 463 g/mol. The molecule has 0 unspecified atom stereocenters. The van der Waals surface area contributed by atoms with E-state index in [2.05, 4.69) is 15.2 Å². The summed E-state index contributed by atoms with van der Waals surface area (Å²) in [6.07, 6.45) is 1.90. The molecule has 0 aliphatic carbocycles. The van der Waals surface area contributed by atoms with Crippen molar-refractivity contribution in [2.24, 2.45) is 0 Å². The Morgan fingerprint density at radius 3 is 2.53 bits per heavy atom. The molecule has 3 aromatic carbocycles. The van der Waals surface area contributed by atoms with Gasteiger partial charge in [0.15, 0.2) is 16.8 Å². The molecule has 0 bridgehead atoms. The van der Waals surface area contributed by atoms with Crippen molar-refractivity contribution in [3.05, 3.63) is 95.4 Å². The second-order valence-corrected chi connectivity index (χ2v) is 8.46. The highest BCUT2D eigenvalue weighted by Crippen LogP contribution is 2.33. The van der Waals surface area contributed by atoms with Crippen LogP contribution in [0.1, 0.15) is 10.4 Å².